The van der Waals surface area contributed by atoms with Crippen molar-refractivity contribution in [2.24, 2.45) is 17.1 Å². The molecule has 0 aromatic heterocycles. The van der Waals surface area contributed by atoms with Gasteiger partial charge in [-0.05, 0) is 44.7 Å². The van der Waals surface area contributed by atoms with E-state index in [0.717, 1.165) is 19.6 Å². The van der Waals surface area contributed by atoms with Gasteiger partial charge in [-0.15, -0.1) is 0 Å². The van der Waals surface area contributed by atoms with Crippen LogP contribution in [0.5, 0.6) is 0 Å². The molecule has 0 aliphatic rings. The Bertz CT molecular complexity index is 158. The first-order valence-electron chi connectivity index (χ1n) is 6.24. The number of nitrogens with zero attached hydrogens (tertiary/aromatic N) is 1. The van der Waals surface area contributed by atoms with E-state index in [2.05, 4.69) is 46.4 Å². The Balaban J connectivity index is 4.19. The molecule has 0 rings (SSSR count). The van der Waals surface area contributed by atoms with Gasteiger partial charge in [-0.2, -0.15) is 0 Å². The molecule has 0 amide bonds. The van der Waals surface area contributed by atoms with Gasteiger partial charge in [0.25, 0.3) is 0 Å². The Labute approximate surface area is 96.2 Å². The van der Waals surface area contributed by atoms with Crippen LogP contribution in [0.25, 0.3) is 0 Å². The Kier molecular flexibility index (Phi) is 6.46. The number of hydrogen-bond acceptors (Lipinski definition) is 2. The zero-order chi connectivity index (χ0) is 12.1. The Morgan fingerprint density at radius 1 is 1.20 bits per heavy atom. The predicted octanol–water partition coefficient (Wildman–Crippen LogP) is 2.73. The minimum absolute atomic E-state index is 0.389. The van der Waals surface area contributed by atoms with Crippen LogP contribution in [-0.2, 0) is 0 Å². The highest BCUT2D eigenvalue weighted by Crippen LogP contribution is 2.24. The van der Waals surface area contributed by atoms with Crippen LogP contribution in [0.3, 0.4) is 0 Å². The standard InChI is InChI=1S/C13H30N2/c1-7-15(11(2)3)10-12(9-14)8-13(4,5)6/h11-12H,7-10,14H2,1-6H3. The van der Waals surface area contributed by atoms with Crippen molar-refractivity contribution in [2.75, 3.05) is 19.6 Å². The number of hydrogen-bond donors (Lipinski definition) is 1. The molecule has 2 heteroatoms. The van der Waals surface area contributed by atoms with Crippen LogP contribution in [0.4, 0.5) is 0 Å². The normalized spacial score (nSPS) is 15.0. The molecule has 1 atom stereocenters. The van der Waals surface area contributed by atoms with Crippen molar-refractivity contribution in [1.29, 1.82) is 0 Å². The zero-order valence-electron chi connectivity index (χ0n) is 11.5. The molecule has 0 fully saturated rings. The van der Waals surface area contributed by atoms with Crippen molar-refractivity contribution < 1.29 is 0 Å². The third-order valence-electron chi connectivity index (χ3n) is 2.86. The second-order valence-corrected chi connectivity index (χ2v) is 6.05. The summed E-state index contributed by atoms with van der Waals surface area (Å²) in [6, 6.07) is 0.629. The van der Waals surface area contributed by atoms with Gasteiger partial charge in [0, 0.05) is 12.6 Å². The molecule has 0 aliphatic heterocycles. The first-order valence-corrected chi connectivity index (χ1v) is 6.24. The summed E-state index contributed by atoms with van der Waals surface area (Å²) in [5.74, 6) is 0.632. The summed E-state index contributed by atoms with van der Waals surface area (Å²) in [4.78, 5) is 2.50. The average molecular weight is 214 g/mol. The van der Waals surface area contributed by atoms with Crippen molar-refractivity contribution in [2.45, 2.75) is 54.0 Å². The van der Waals surface area contributed by atoms with Crippen LogP contribution in [0, 0.1) is 11.3 Å². The number of rotatable bonds is 6. The maximum absolute atomic E-state index is 5.86. The highest BCUT2D eigenvalue weighted by Gasteiger charge is 2.20. The fourth-order valence-electron chi connectivity index (χ4n) is 2.13. The fourth-order valence-corrected chi connectivity index (χ4v) is 2.13. The monoisotopic (exact) mass is 214 g/mol. The van der Waals surface area contributed by atoms with Gasteiger partial charge in [-0.25, -0.2) is 0 Å². The minimum atomic E-state index is 0.389. The molecule has 0 aromatic rings. The van der Waals surface area contributed by atoms with E-state index < -0.39 is 0 Å². The number of nitrogens with two attached hydrogens (primary N) is 1. The van der Waals surface area contributed by atoms with Gasteiger partial charge in [-0.1, -0.05) is 27.7 Å². The molecule has 2 nitrogen and oxygen atoms in total. The van der Waals surface area contributed by atoms with Crippen LogP contribution >= 0.6 is 0 Å². The third kappa shape index (κ3) is 6.91. The average Bonchev–Trinajstić information content (AvgIpc) is 2.09. The van der Waals surface area contributed by atoms with Crippen molar-refractivity contribution >= 4 is 0 Å². The largest absolute Gasteiger partial charge is 0.330 e. The van der Waals surface area contributed by atoms with Crippen molar-refractivity contribution in [1.82, 2.24) is 4.90 Å². The van der Waals surface area contributed by atoms with Gasteiger partial charge < -0.3 is 10.6 Å². The van der Waals surface area contributed by atoms with E-state index in [9.17, 15) is 0 Å². The smallest absolute Gasteiger partial charge is 0.00385 e. The molecule has 1 unspecified atom stereocenters. The second-order valence-electron chi connectivity index (χ2n) is 6.05. The Morgan fingerprint density at radius 2 is 1.73 bits per heavy atom. The van der Waals surface area contributed by atoms with Crippen LogP contribution in [0.15, 0.2) is 0 Å². The molecular weight excluding hydrogens is 184 g/mol. The summed E-state index contributed by atoms with van der Waals surface area (Å²) in [6.45, 7) is 16.7. The highest BCUT2D eigenvalue weighted by molar-refractivity contribution is 4.74. The summed E-state index contributed by atoms with van der Waals surface area (Å²) in [7, 11) is 0. The molecule has 2 N–H and O–H groups in total. The van der Waals surface area contributed by atoms with Gasteiger partial charge in [0.15, 0.2) is 0 Å². The Morgan fingerprint density at radius 3 is 2.00 bits per heavy atom. The van der Waals surface area contributed by atoms with Crippen LogP contribution < -0.4 is 5.73 Å². The summed E-state index contributed by atoms with van der Waals surface area (Å²) < 4.78 is 0. The van der Waals surface area contributed by atoms with Crippen LogP contribution in [0.2, 0.25) is 0 Å². The second kappa shape index (κ2) is 6.49. The Hall–Kier alpha value is -0.0800. The molecule has 15 heavy (non-hydrogen) atoms. The lowest BCUT2D eigenvalue weighted by Gasteiger charge is -2.32. The molecular formula is C13H30N2. The lowest BCUT2D eigenvalue weighted by atomic mass is 9.84. The van der Waals surface area contributed by atoms with E-state index in [1.165, 1.54) is 6.42 Å². The van der Waals surface area contributed by atoms with Crippen molar-refractivity contribution in [3.05, 3.63) is 0 Å². The topological polar surface area (TPSA) is 29.3 Å². The molecule has 0 saturated carbocycles. The summed E-state index contributed by atoms with van der Waals surface area (Å²) in [5, 5.41) is 0. The highest BCUT2D eigenvalue weighted by atomic mass is 15.1. The first-order chi connectivity index (χ1) is 6.80. The molecule has 0 heterocycles. The molecule has 0 aliphatic carbocycles. The van der Waals surface area contributed by atoms with E-state index in [-0.39, 0.29) is 0 Å². The molecule has 0 spiro atoms. The van der Waals surface area contributed by atoms with Gasteiger partial charge in [0.2, 0.25) is 0 Å². The molecule has 0 bridgehead atoms. The minimum Gasteiger partial charge on any atom is -0.330 e. The predicted molar refractivity (Wildman–Crippen MR) is 69.0 cm³/mol. The fraction of sp³-hybridized carbons (Fsp3) is 1.00. The SMILES string of the molecule is CCN(CC(CN)CC(C)(C)C)C(C)C. The molecule has 0 radical (unpaired) electrons. The van der Waals surface area contributed by atoms with Gasteiger partial charge in [0.1, 0.15) is 0 Å². The van der Waals surface area contributed by atoms with Crippen molar-refractivity contribution in [3.8, 4) is 0 Å². The van der Waals surface area contributed by atoms with Gasteiger partial charge >= 0.3 is 0 Å². The quantitative estimate of drug-likeness (QED) is 0.736. The zero-order valence-corrected chi connectivity index (χ0v) is 11.5. The summed E-state index contributed by atoms with van der Waals surface area (Å²) in [5.41, 5.74) is 6.25. The maximum atomic E-state index is 5.86. The van der Waals surface area contributed by atoms with E-state index >= 15 is 0 Å². The van der Waals surface area contributed by atoms with E-state index in [1.54, 1.807) is 0 Å². The van der Waals surface area contributed by atoms with E-state index in [1.807, 2.05) is 0 Å². The summed E-state index contributed by atoms with van der Waals surface area (Å²) >= 11 is 0. The van der Waals surface area contributed by atoms with E-state index in [0.29, 0.717) is 17.4 Å². The van der Waals surface area contributed by atoms with Gasteiger partial charge in [0.05, 0.1) is 0 Å². The molecule has 0 aromatic carbocycles. The van der Waals surface area contributed by atoms with Crippen LogP contribution in [-0.4, -0.2) is 30.6 Å². The lowest BCUT2D eigenvalue weighted by Crippen LogP contribution is -2.38. The first kappa shape index (κ1) is 14.9. The lowest BCUT2D eigenvalue weighted by molar-refractivity contribution is 0.170. The third-order valence-corrected chi connectivity index (χ3v) is 2.86. The molecule has 92 valence electrons. The van der Waals surface area contributed by atoms with Crippen molar-refractivity contribution in [3.63, 3.8) is 0 Å². The van der Waals surface area contributed by atoms with E-state index in [4.69, 9.17) is 5.73 Å². The maximum Gasteiger partial charge on any atom is 0.00385 e. The molecule has 0 saturated heterocycles. The van der Waals surface area contributed by atoms with Crippen LogP contribution in [0.1, 0.15) is 48.0 Å². The van der Waals surface area contributed by atoms with Gasteiger partial charge in [-0.3, -0.25) is 0 Å². The summed E-state index contributed by atoms with van der Waals surface area (Å²) in [6.07, 6.45) is 1.22.